The first kappa shape index (κ1) is 19.6. The molecule has 0 spiro atoms. The summed E-state index contributed by atoms with van der Waals surface area (Å²) in [6.07, 6.45) is 0. The number of fused-ring (bicyclic) bond motifs is 3. The predicted octanol–water partition coefficient (Wildman–Crippen LogP) is 5.16. The molecule has 1 aliphatic heterocycles. The van der Waals surface area contributed by atoms with Crippen LogP contribution >= 0.6 is 0 Å². The van der Waals surface area contributed by atoms with Crippen LogP contribution in [0, 0.1) is 19.9 Å². The molecule has 1 radical (unpaired) electrons. The number of aromatic nitrogens is 2. The van der Waals surface area contributed by atoms with E-state index < -0.39 is 5.66 Å². The van der Waals surface area contributed by atoms with E-state index in [0.29, 0.717) is 0 Å². The second kappa shape index (κ2) is 7.29. The normalized spacial score (nSPS) is 14.0. The molecular formula is C25H22IrN3-. The first-order valence-electron chi connectivity index (χ1n) is 9.58. The fourth-order valence-corrected chi connectivity index (χ4v) is 4.54. The van der Waals surface area contributed by atoms with Crippen LogP contribution in [0.25, 0.3) is 11.4 Å². The molecule has 0 unspecified atom stereocenters. The maximum absolute atomic E-state index is 4.98. The Hall–Kier alpha value is -2.68. The molecule has 0 fully saturated rings. The maximum atomic E-state index is 4.98. The van der Waals surface area contributed by atoms with Crippen molar-refractivity contribution in [3.63, 3.8) is 0 Å². The van der Waals surface area contributed by atoms with Crippen LogP contribution in [0.4, 0.5) is 5.69 Å². The minimum absolute atomic E-state index is 0. The van der Waals surface area contributed by atoms with Crippen molar-refractivity contribution in [1.82, 2.24) is 9.55 Å². The van der Waals surface area contributed by atoms with Crippen molar-refractivity contribution in [3.05, 3.63) is 107 Å². The molecule has 0 aliphatic carbocycles. The molecule has 1 aliphatic rings. The average molecular weight is 557 g/mol. The monoisotopic (exact) mass is 557 g/mol. The van der Waals surface area contributed by atoms with Gasteiger partial charge in [-0.15, -0.1) is 24.3 Å². The summed E-state index contributed by atoms with van der Waals surface area (Å²) in [6, 6.07) is 31.0. The van der Waals surface area contributed by atoms with Gasteiger partial charge >= 0.3 is 0 Å². The van der Waals surface area contributed by atoms with Gasteiger partial charge in [0.1, 0.15) is 0 Å². The Morgan fingerprint density at radius 3 is 2.00 bits per heavy atom. The van der Waals surface area contributed by atoms with Gasteiger partial charge in [0, 0.05) is 42.6 Å². The summed E-state index contributed by atoms with van der Waals surface area (Å²) >= 11 is 0. The Labute approximate surface area is 185 Å². The van der Waals surface area contributed by atoms with Gasteiger partial charge in [-0.3, -0.25) is 4.98 Å². The fourth-order valence-electron chi connectivity index (χ4n) is 4.54. The number of aryl methyl sites for hydroxylation is 1. The number of nitrogens with zero attached hydrogens (tertiary/aromatic N) is 3. The molecule has 3 nitrogen and oxygen atoms in total. The van der Waals surface area contributed by atoms with E-state index in [2.05, 4.69) is 103 Å². The zero-order valence-electron chi connectivity index (χ0n) is 16.7. The first-order valence-corrected chi connectivity index (χ1v) is 9.58. The molecule has 1 aromatic heterocycles. The Morgan fingerprint density at radius 1 is 0.828 bits per heavy atom. The van der Waals surface area contributed by atoms with Crippen LogP contribution in [0.3, 0.4) is 0 Å². The van der Waals surface area contributed by atoms with Crippen molar-refractivity contribution in [2.24, 2.45) is 0 Å². The second-order valence-electron chi connectivity index (χ2n) is 7.34. The molecule has 4 aromatic rings. The second-order valence-corrected chi connectivity index (χ2v) is 7.34. The molecule has 147 valence electrons. The summed E-state index contributed by atoms with van der Waals surface area (Å²) in [5.41, 5.74) is 6.28. The maximum Gasteiger partial charge on any atom is 0.155 e. The largest absolute Gasteiger partial charge is 0.385 e. The summed E-state index contributed by atoms with van der Waals surface area (Å²) in [6.45, 7) is 4.25. The predicted molar refractivity (Wildman–Crippen MR) is 113 cm³/mol. The van der Waals surface area contributed by atoms with Crippen LogP contribution in [0.1, 0.15) is 22.5 Å². The standard InChI is InChI=1S/C25H22N3.Ir/c1-18-19(2)28-24(26-18)22-16-10-11-17-23(22)27(3)25(28,20-12-6-4-7-13-20)21-14-8-5-9-15-21;/h4-15,17H,1-3H3;/q-1;. The molecule has 4 heteroatoms. The van der Waals surface area contributed by atoms with Gasteiger partial charge in [0.15, 0.2) is 5.66 Å². The number of hydrogen-bond donors (Lipinski definition) is 0. The van der Waals surface area contributed by atoms with Crippen molar-refractivity contribution < 1.29 is 20.1 Å². The first-order chi connectivity index (χ1) is 13.7. The summed E-state index contributed by atoms with van der Waals surface area (Å²) < 4.78 is 2.38. The summed E-state index contributed by atoms with van der Waals surface area (Å²) in [5, 5.41) is 0. The Balaban J connectivity index is 0.00000205. The Morgan fingerprint density at radius 2 is 1.41 bits per heavy atom. The van der Waals surface area contributed by atoms with Crippen LogP contribution in [0.15, 0.2) is 78.9 Å². The van der Waals surface area contributed by atoms with E-state index >= 15 is 0 Å². The van der Waals surface area contributed by atoms with Gasteiger partial charge in [-0.2, -0.15) is 0 Å². The van der Waals surface area contributed by atoms with Crippen LogP contribution in [-0.2, 0) is 25.8 Å². The number of rotatable bonds is 2. The van der Waals surface area contributed by atoms with Gasteiger partial charge in [-0.25, -0.2) is 0 Å². The zero-order valence-corrected chi connectivity index (χ0v) is 19.1. The van der Waals surface area contributed by atoms with Crippen LogP contribution < -0.4 is 4.90 Å². The molecule has 2 heterocycles. The third-order valence-electron chi connectivity index (χ3n) is 5.93. The number of anilines is 1. The molecular weight excluding hydrogens is 535 g/mol. The molecule has 0 saturated heterocycles. The summed E-state index contributed by atoms with van der Waals surface area (Å²) in [7, 11) is 2.17. The molecule has 29 heavy (non-hydrogen) atoms. The molecule has 0 N–H and O–H groups in total. The average Bonchev–Trinajstić information content (AvgIpc) is 3.05. The van der Waals surface area contributed by atoms with Gasteiger partial charge in [0.2, 0.25) is 0 Å². The van der Waals surface area contributed by atoms with Crippen LogP contribution in [-0.4, -0.2) is 16.6 Å². The van der Waals surface area contributed by atoms with Crippen LogP contribution in [0.2, 0.25) is 0 Å². The van der Waals surface area contributed by atoms with E-state index in [4.69, 9.17) is 4.98 Å². The van der Waals surface area contributed by atoms with Gasteiger partial charge in [-0.05, 0) is 26.6 Å². The molecule has 5 rings (SSSR count). The van der Waals surface area contributed by atoms with Crippen molar-refractivity contribution in [2.75, 3.05) is 11.9 Å². The summed E-state index contributed by atoms with van der Waals surface area (Å²) in [4.78, 5) is 7.34. The van der Waals surface area contributed by atoms with E-state index in [9.17, 15) is 0 Å². The number of hydrogen-bond acceptors (Lipinski definition) is 2. The van der Waals surface area contributed by atoms with Crippen LogP contribution in [0.5, 0.6) is 0 Å². The van der Waals surface area contributed by atoms with E-state index in [1.807, 2.05) is 12.1 Å². The van der Waals surface area contributed by atoms with Crippen molar-refractivity contribution in [1.29, 1.82) is 0 Å². The molecule has 0 atom stereocenters. The van der Waals surface area contributed by atoms with Crippen molar-refractivity contribution in [2.45, 2.75) is 19.5 Å². The zero-order chi connectivity index (χ0) is 19.3. The minimum atomic E-state index is -0.522. The third-order valence-corrected chi connectivity index (χ3v) is 5.93. The molecule has 0 amide bonds. The number of imidazole rings is 1. The quantitative estimate of drug-likeness (QED) is 0.318. The van der Waals surface area contributed by atoms with E-state index in [0.717, 1.165) is 28.5 Å². The third kappa shape index (κ3) is 2.63. The summed E-state index contributed by atoms with van der Waals surface area (Å²) in [5.74, 6) is 0.969. The molecule has 0 saturated carbocycles. The fraction of sp³-hybridized carbons (Fsp3) is 0.160. The van der Waals surface area contributed by atoms with E-state index in [-0.39, 0.29) is 20.1 Å². The smallest absolute Gasteiger partial charge is 0.155 e. The topological polar surface area (TPSA) is 21.1 Å². The molecule has 3 aromatic carbocycles. The Kier molecular flexibility index (Phi) is 4.93. The van der Waals surface area contributed by atoms with Crippen molar-refractivity contribution in [3.8, 4) is 11.4 Å². The minimum Gasteiger partial charge on any atom is -0.385 e. The number of benzene rings is 3. The van der Waals surface area contributed by atoms with Gasteiger partial charge in [0.05, 0.1) is 5.82 Å². The molecule has 0 bridgehead atoms. The van der Waals surface area contributed by atoms with Gasteiger partial charge < -0.3 is 9.47 Å². The van der Waals surface area contributed by atoms with Gasteiger partial charge in [0.25, 0.3) is 0 Å². The Bertz CT molecular complexity index is 1110. The SMILES string of the molecule is Cc1nc2n(c1C)C(c1ccccc1)(c1ccccc1)N(C)c1ccc[c-]c1-2.[Ir]. The van der Waals surface area contributed by atoms with E-state index in [1.54, 1.807) is 0 Å². The van der Waals surface area contributed by atoms with E-state index in [1.165, 1.54) is 11.1 Å². The van der Waals surface area contributed by atoms with Gasteiger partial charge in [-0.1, -0.05) is 66.2 Å². The van der Waals surface area contributed by atoms with Crippen molar-refractivity contribution >= 4 is 5.69 Å².